The van der Waals surface area contributed by atoms with E-state index >= 15 is 0 Å². The van der Waals surface area contributed by atoms with E-state index in [1.807, 2.05) is 94.1 Å². The van der Waals surface area contributed by atoms with Crippen molar-refractivity contribution in [1.29, 1.82) is 0 Å². The van der Waals surface area contributed by atoms with Crippen LogP contribution in [0.3, 0.4) is 0 Å². The quantitative estimate of drug-likeness (QED) is 0.141. The van der Waals surface area contributed by atoms with Gasteiger partial charge in [0.05, 0.1) is 0 Å². The Morgan fingerprint density at radius 2 is 0.344 bits per heavy atom. The lowest BCUT2D eigenvalue weighted by atomic mass is 10.0. The summed E-state index contributed by atoms with van der Waals surface area (Å²) in [6, 6.07) is 37.5. The summed E-state index contributed by atoms with van der Waals surface area (Å²) in [5, 5.41) is 12.8. The topological polar surface area (TPSA) is 109 Å². The number of rotatable bonds is 8. The number of fused-ring (bicyclic) bond motifs is 24. The Kier molecular flexibility index (Phi) is 17.6. The fraction of sp³-hybridized carbons (Fsp3) is 0.400. The lowest BCUT2D eigenvalue weighted by Gasteiger charge is -2.24. The summed E-state index contributed by atoms with van der Waals surface area (Å²) in [7, 11) is 0. The molecule has 0 atom stereocenters. The Bertz CT molecular complexity index is 4580. The molecule has 13 rings (SSSR count). The summed E-state index contributed by atoms with van der Waals surface area (Å²) < 4.78 is -0.0999. The fourth-order valence-electron chi connectivity index (χ4n) is 12.1. The molecular weight excluding hydrogens is 1330 g/mol. The molecule has 0 spiro atoms. The first-order valence-corrected chi connectivity index (χ1v) is 39.7. The van der Waals surface area contributed by atoms with Gasteiger partial charge in [0.25, 0.3) is 0 Å². The van der Waals surface area contributed by atoms with Crippen LogP contribution < -0.4 is 0 Å². The Labute approximate surface area is 601 Å². The van der Waals surface area contributed by atoms with E-state index in [0.29, 0.717) is 45.9 Å². The number of nitrogens with one attached hydrogen (secondary N) is 2. The maximum absolute atomic E-state index is 5.72. The summed E-state index contributed by atoms with van der Waals surface area (Å²) in [6.45, 7) is 55.1. The van der Waals surface area contributed by atoms with Crippen LogP contribution in [0.4, 0.5) is 0 Å². The van der Waals surface area contributed by atoms with Crippen LogP contribution in [-0.2, 0) is 0 Å². The molecule has 8 bridgehead atoms. The second kappa shape index (κ2) is 24.4. The average molecular weight is 1420 g/mol. The SMILES string of the molecule is CC(C)(C)Sc1cc2cc3c(cc2cc1SC(C)(C)C)-c1nc-3nc2[nH]c(nc3nc(nc4[nH]c(n1)c1cc5cc(SC(C)(C)C)c(SC(C)(C)C)cc5cc41)-c1cc4cc(SC(C)(C)C)c(SC(C)(C)C)cc4cc1-3)c1cc3cc(SC(C)(C)C)c(SC(C)(C)C)cc3cc21. The molecule has 11 aromatic rings. The molecular formula is C80H90N8S8. The van der Waals surface area contributed by atoms with Crippen molar-refractivity contribution in [2.45, 2.75) is 243 Å². The summed E-state index contributed by atoms with van der Waals surface area (Å²) in [4.78, 5) is 51.9. The van der Waals surface area contributed by atoms with Gasteiger partial charge >= 0.3 is 0 Å². The Hall–Kier alpha value is -5.04. The first kappa shape index (κ1) is 69.4. The van der Waals surface area contributed by atoms with Crippen molar-refractivity contribution in [1.82, 2.24) is 39.9 Å². The average Bonchev–Trinajstić information content (AvgIpc) is 1.55. The highest BCUT2D eigenvalue weighted by atomic mass is 32.2. The Balaban J connectivity index is 1.18. The number of aromatic amines is 2. The molecule has 2 aliphatic heterocycles. The van der Waals surface area contributed by atoms with Crippen molar-refractivity contribution >= 4 is 181 Å². The van der Waals surface area contributed by atoms with E-state index in [1.165, 1.54) is 39.2 Å². The van der Waals surface area contributed by atoms with E-state index in [4.69, 9.17) is 29.9 Å². The molecule has 0 radical (unpaired) electrons. The van der Waals surface area contributed by atoms with E-state index in [0.717, 1.165) is 86.9 Å². The molecule has 498 valence electrons. The van der Waals surface area contributed by atoms with Crippen molar-refractivity contribution < 1.29 is 0 Å². The minimum Gasteiger partial charge on any atom is -0.324 e. The van der Waals surface area contributed by atoms with Gasteiger partial charge in [-0.05, 0) is 140 Å². The molecule has 0 saturated heterocycles. The minimum atomic E-state index is -0.0129. The van der Waals surface area contributed by atoms with Crippen LogP contribution in [0, 0.1) is 0 Å². The molecule has 5 heterocycles. The maximum Gasteiger partial charge on any atom is 0.164 e. The molecule has 8 aromatic carbocycles. The van der Waals surface area contributed by atoms with E-state index in [-0.39, 0.29) is 38.0 Å². The number of hydrogen-bond acceptors (Lipinski definition) is 14. The van der Waals surface area contributed by atoms with Gasteiger partial charge < -0.3 is 9.97 Å². The van der Waals surface area contributed by atoms with Gasteiger partial charge in [0, 0.05) is 121 Å². The number of thioether (sulfide) groups is 8. The van der Waals surface area contributed by atoms with Gasteiger partial charge in [-0.25, -0.2) is 29.9 Å². The molecule has 0 aliphatic carbocycles. The monoisotopic (exact) mass is 1420 g/mol. The first-order valence-electron chi connectivity index (χ1n) is 33.2. The predicted molar refractivity (Wildman–Crippen MR) is 431 cm³/mol. The van der Waals surface area contributed by atoms with Crippen molar-refractivity contribution in [2.24, 2.45) is 0 Å². The Morgan fingerprint density at radius 3 is 0.490 bits per heavy atom. The number of nitrogens with zero attached hydrogens (tertiary/aromatic N) is 6. The van der Waals surface area contributed by atoms with E-state index in [1.54, 1.807) is 0 Å². The minimum absolute atomic E-state index is 0.0121. The highest BCUT2D eigenvalue weighted by Crippen LogP contribution is 2.52. The molecule has 0 saturated carbocycles. The third-order valence-corrected chi connectivity index (χ3v) is 25.1. The molecule has 16 heteroatoms. The molecule has 2 N–H and O–H groups in total. The van der Waals surface area contributed by atoms with Gasteiger partial charge in [-0.1, -0.05) is 166 Å². The van der Waals surface area contributed by atoms with Gasteiger partial charge in [0.15, 0.2) is 23.3 Å². The molecule has 8 nitrogen and oxygen atoms in total. The second-order valence-electron chi connectivity index (χ2n) is 33.5. The number of hydrogen-bond donors (Lipinski definition) is 2. The van der Waals surface area contributed by atoms with Gasteiger partial charge in [0.1, 0.15) is 22.6 Å². The lowest BCUT2D eigenvalue weighted by Crippen LogP contribution is -2.10. The third-order valence-electron chi connectivity index (χ3n) is 15.2. The van der Waals surface area contributed by atoms with E-state index in [9.17, 15) is 0 Å². The summed E-state index contributed by atoms with van der Waals surface area (Å²) in [5.74, 6) is 2.29. The standard InChI is InChI=1S/C80H90N8S8/c1-73(2,3)89-57-33-41-25-49-50(26-42(41)34-58(57)90-74(4,5)6)66-81-65(49)85-67-51-27-43-35-59(91-75(7,8)9)60(92-76(10,11)12)36-44(43)28-52(51)69(82-67)87-71-55-31-47-39-63(95-79(19,20)21)64(96-80(22,23)24)40-48(47)32-56(55)72(84-71)88-70-54-30-46-38-62(94-78(16,17)18)61(93-77(13,14)15)37-45(46)29-53(54)68(83-70)86-66/h25-40H,1-24H3,(H2,81,82,83,84,85,86,87,88). The molecule has 96 heavy (non-hydrogen) atoms. The first-order chi connectivity index (χ1) is 44.4. The molecule has 0 unspecified atom stereocenters. The summed E-state index contributed by atoms with van der Waals surface area (Å²) in [5.41, 5.74) is 6.29. The zero-order valence-electron chi connectivity index (χ0n) is 60.2. The highest BCUT2D eigenvalue weighted by Gasteiger charge is 2.30. The van der Waals surface area contributed by atoms with Gasteiger partial charge in [-0.3, -0.25) is 0 Å². The highest BCUT2D eigenvalue weighted by molar-refractivity contribution is 8.05. The van der Waals surface area contributed by atoms with Crippen LogP contribution >= 0.6 is 94.1 Å². The van der Waals surface area contributed by atoms with Crippen LogP contribution in [0.25, 0.3) is 133 Å². The van der Waals surface area contributed by atoms with Gasteiger partial charge in [0.2, 0.25) is 0 Å². The van der Waals surface area contributed by atoms with Crippen molar-refractivity contribution in [2.75, 3.05) is 0 Å². The molecule has 0 fully saturated rings. The predicted octanol–water partition coefficient (Wildman–Crippen LogP) is 26.6. The van der Waals surface area contributed by atoms with E-state index < -0.39 is 0 Å². The van der Waals surface area contributed by atoms with Crippen LogP contribution in [0.2, 0.25) is 0 Å². The molecule has 2 aliphatic rings. The van der Waals surface area contributed by atoms with Gasteiger partial charge in [-0.2, -0.15) is 0 Å². The fourth-order valence-corrected chi connectivity index (χ4v) is 21.1. The maximum atomic E-state index is 5.72. The van der Waals surface area contributed by atoms with Crippen LogP contribution in [-0.4, -0.2) is 77.8 Å². The second-order valence-corrected chi connectivity index (χ2v) is 48.5. The van der Waals surface area contributed by atoms with Crippen LogP contribution in [0.1, 0.15) is 166 Å². The normalized spacial score (nSPS) is 13.8. The molecule has 3 aromatic heterocycles. The summed E-state index contributed by atoms with van der Waals surface area (Å²) >= 11 is 15.3. The van der Waals surface area contributed by atoms with Gasteiger partial charge in [-0.15, -0.1) is 94.1 Å². The number of aromatic nitrogens is 8. The third kappa shape index (κ3) is 15.5. The zero-order chi connectivity index (χ0) is 69.1. The van der Waals surface area contributed by atoms with Crippen molar-refractivity contribution in [3.05, 3.63) is 97.1 Å². The zero-order valence-corrected chi connectivity index (χ0v) is 66.7. The van der Waals surface area contributed by atoms with Crippen LogP contribution in [0.5, 0.6) is 0 Å². The number of benzene rings is 8. The van der Waals surface area contributed by atoms with Crippen molar-refractivity contribution in [3.8, 4) is 45.6 Å². The largest absolute Gasteiger partial charge is 0.324 e. The van der Waals surface area contributed by atoms with E-state index in [2.05, 4.69) is 273 Å². The smallest absolute Gasteiger partial charge is 0.164 e. The molecule has 0 amide bonds. The number of H-pyrrole nitrogens is 2. The summed E-state index contributed by atoms with van der Waals surface area (Å²) in [6.07, 6.45) is 0. The van der Waals surface area contributed by atoms with Crippen LogP contribution in [0.15, 0.2) is 136 Å². The Morgan fingerprint density at radius 1 is 0.198 bits per heavy atom. The van der Waals surface area contributed by atoms with Crippen molar-refractivity contribution in [3.63, 3.8) is 0 Å². The lowest BCUT2D eigenvalue weighted by molar-refractivity contribution is 0.795.